The highest BCUT2D eigenvalue weighted by atomic mass is 32.1. The van der Waals surface area contributed by atoms with Gasteiger partial charge in [-0.25, -0.2) is 9.97 Å². The maximum atomic E-state index is 11.6. The van der Waals surface area contributed by atoms with E-state index in [1.165, 1.54) is 17.7 Å². The zero-order valence-electron chi connectivity index (χ0n) is 14.2. The molecule has 0 aromatic carbocycles. The van der Waals surface area contributed by atoms with Crippen LogP contribution in [0.5, 0.6) is 0 Å². The highest BCUT2D eigenvalue weighted by Crippen LogP contribution is 2.23. The second-order valence-electron chi connectivity index (χ2n) is 6.00. The number of amides is 2. The van der Waals surface area contributed by atoms with E-state index >= 15 is 0 Å². The van der Waals surface area contributed by atoms with Crippen molar-refractivity contribution >= 4 is 40.0 Å². The minimum Gasteiger partial charge on any atom is -0.368 e. The molecule has 10 heteroatoms. The summed E-state index contributed by atoms with van der Waals surface area (Å²) in [6, 6.07) is 1.22. The molecule has 0 aliphatic carbocycles. The second-order valence-corrected chi connectivity index (χ2v) is 6.81. The first-order chi connectivity index (χ1) is 11.8. The second kappa shape index (κ2) is 7.88. The quantitative estimate of drug-likeness (QED) is 0.553. The van der Waals surface area contributed by atoms with Gasteiger partial charge in [-0.3, -0.25) is 9.59 Å². The predicted octanol–water partition coefficient (Wildman–Crippen LogP) is 1.40. The van der Waals surface area contributed by atoms with E-state index in [1.54, 1.807) is 0 Å². The first-order valence-corrected chi connectivity index (χ1v) is 8.46. The number of hydrogen-bond acceptors (Lipinski definition) is 8. The van der Waals surface area contributed by atoms with Crippen LogP contribution in [0.15, 0.2) is 12.3 Å². The Morgan fingerprint density at radius 2 is 2.04 bits per heavy atom. The molecule has 0 aliphatic heterocycles. The number of anilines is 3. The predicted molar refractivity (Wildman–Crippen MR) is 96.7 cm³/mol. The van der Waals surface area contributed by atoms with Gasteiger partial charge in [-0.05, 0) is 36.9 Å². The van der Waals surface area contributed by atoms with E-state index in [4.69, 9.17) is 11.5 Å². The van der Waals surface area contributed by atoms with Crippen LogP contribution in [0, 0.1) is 12.8 Å². The Morgan fingerprint density at radius 3 is 2.56 bits per heavy atom. The van der Waals surface area contributed by atoms with Gasteiger partial charge in [-0.1, -0.05) is 13.8 Å². The number of rotatable bonds is 8. The molecule has 0 aliphatic rings. The van der Waals surface area contributed by atoms with Crippen molar-refractivity contribution in [3.63, 3.8) is 0 Å². The molecule has 2 aromatic heterocycles. The summed E-state index contributed by atoms with van der Waals surface area (Å²) in [6.07, 6.45) is 1.89. The minimum atomic E-state index is -0.712. The third kappa shape index (κ3) is 5.11. The van der Waals surface area contributed by atoms with E-state index in [-0.39, 0.29) is 17.4 Å². The van der Waals surface area contributed by atoms with Crippen molar-refractivity contribution in [3.05, 3.63) is 23.7 Å². The van der Waals surface area contributed by atoms with Gasteiger partial charge in [-0.15, -0.1) is 0 Å². The van der Waals surface area contributed by atoms with Crippen molar-refractivity contribution in [2.75, 3.05) is 10.6 Å². The van der Waals surface area contributed by atoms with Crippen LogP contribution in [0.25, 0.3) is 0 Å². The Kier molecular flexibility index (Phi) is 5.86. The van der Waals surface area contributed by atoms with E-state index in [9.17, 15) is 9.59 Å². The first kappa shape index (κ1) is 18.6. The molecule has 0 spiro atoms. The number of nitrogens with zero attached hydrogens (tertiary/aromatic N) is 3. The average molecular weight is 363 g/mol. The van der Waals surface area contributed by atoms with Gasteiger partial charge in [-0.2, -0.15) is 4.37 Å². The number of carbonyl (C=O) groups excluding carboxylic acids is 2. The minimum absolute atomic E-state index is 0.00362. The number of carbonyl (C=O) groups is 2. The maximum Gasteiger partial charge on any atom is 0.271 e. The zero-order valence-corrected chi connectivity index (χ0v) is 15.1. The Labute approximate surface area is 149 Å². The molecule has 9 nitrogen and oxygen atoms in total. The number of hydrogen-bond donors (Lipinski definition) is 4. The van der Waals surface area contributed by atoms with Crippen LogP contribution in [0.3, 0.4) is 0 Å². The standard InChI is InChI=1S/C15H21N7O2S/c1-7(2)4-9(13(16)23)19-10-6-18-12(14(17)24)15(20-10)21-11-5-8(3)22-25-11/h5-7,9H,4H2,1-3H3,(H2,16,23)(H2,17,24)(H2,19,20,21)/t9-/m1/s1. The molecule has 134 valence electrons. The molecule has 0 fully saturated rings. The summed E-state index contributed by atoms with van der Waals surface area (Å²) in [4.78, 5) is 31.5. The highest BCUT2D eigenvalue weighted by molar-refractivity contribution is 7.10. The van der Waals surface area contributed by atoms with Crippen LogP contribution in [-0.4, -0.2) is 32.2 Å². The SMILES string of the molecule is Cc1cc(Nc2nc(N[C@H](CC(C)C)C(N)=O)cnc2C(N)=O)sn1. The number of nitrogens with two attached hydrogens (primary N) is 2. The average Bonchev–Trinajstić information content (AvgIpc) is 2.91. The third-order valence-electron chi connectivity index (χ3n) is 3.25. The van der Waals surface area contributed by atoms with Gasteiger partial charge in [0.25, 0.3) is 5.91 Å². The molecule has 1 atom stereocenters. The van der Waals surface area contributed by atoms with Crippen molar-refractivity contribution in [3.8, 4) is 0 Å². The van der Waals surface area contributed by atoms with Crippen molar-refractivity contribution < 1.29 is 9.59 Å². The third-order valence-corrected chi connectivity index (χ3v) is 4.04. The molecule has 2 amide bonds. The van der Waals surface area contributed by atoms with Gasteiger partial charge in [0.1, 0.15) is 16.9 Å². The Hall–Kier alpha value is -2.75. The molecule has 25 heavy (non-hydrogen) atoms. The van der Waals surface area contributed by atoms with E-state index in [1.807, 2.05) is 26.8 Å². The lowest BCUT2D eigenvalue weighted by Gasteiger charge is -2.18. The summed E-state index contributed by atoms with van der Waals surface area (Å²) in [5.41, 5.74) is 11.6. The molecule has 0 radical (unpaired) electrons. The van der Waals surface area contributed by atoms with Crippen molar-refractivity contribution in [1.82, 2.24) is 14.3 Å². The van der Waals surface area contributed by atoms with Crippen LogP contribution < -0.4 is 22.1 Å². The van der Waals surface area contributed by atoms with Gasteiger partial charge in [0, 0.05) is 0 Å². The van der Waals surface area contributed by atoms with Gasteiger partial charge < -0.3 is 22.1 Å². The van der Waals surface area contributed by atoms with Crippen molar-refractivity contribution in [2.45, 2.75) is 33.2 Å². The molecule has 0 saturated heterocycles. The molecule has 0 bridgehead atoms. The van der Waals surface area contributed by atoms with Crippen LogP contribution in [0.1, 0.15) is 36.5 Å². The summed E-state index contributed by atoms with van der Waals surface area (Å²) in [5, 5.41) is 6.63. The molecular weight excluding hydrogens is 342 g/mol. The monoisotopic (exact) mass is 363 g/mol. The summed E-state index contributed by atoms with van der Waals surface area (Å²) >= 11 is 1.22. The summed E-state index contributed by atoms with van der Waals surface area (Å²) < 4.78 is 4.15. The summed E-state index contributed by atoms with van der Waals surface area (Å²) in [5.74, 6) is -0.425. The largest absolute Gasteiger partial charge is 0.368 e. The lowest BCUT2D eigenvalue weighted by atomic mass is 10.0. The fourth-order valence-corrected chi connectivity index (χ4v) is 2.82. The Bertz CT molecular complexity index is 775. The number of primary amides is 2. The Balaban J connectivity index is 2.29. The van der Waals surface area contributed by atoms with Crippen LogP contribution in [0.2, 0.25) is 0 Å². The lowest BCUT2D eigenvalue weighted by Crippen LogP contribution is -2.37. The van der Waals surface area contributed by atoms with Gasteiger partial charge in [0.05, 0.1) is 11.9 Å². The van der Waals surface area contributed by atoms with E-state index < -0.39 is 17.9 Å². The highest BCUT2D eigenvalue weighted by Gasteiger charge is 2.19. The topological polar surface area (TPSA) is 149 Å². The molecule has 2 rings (SSSR count). The van der Waals surface area contributed by atoms with Crippen LogP contribution in [-0.2, 0) is 4.79 Å². The summed E-state index contributed by atoms with van der Waals surface area (Å²) in [7, 11) is 0. The first-order valence-electron chi connectivity index (χ1n) is 7.69. The smallest absolute Gasteiger partial charge is 0.271 e. The van der Waals surface area contributed by atoms with Crippen LogP contribution in [0.4, 0.5) is 16.6 Å². The van der Waals surface area contributed by atoms with E-state index in [2.05, 4.69) is 25.0 Å². The number of aromatic nitrogens is 3. The maximum absolute atomic E-state index is 11.6. The normalized spacial score (nSPS) is 12.0. The molecule has 0 unspecified atom stereocenters. The molecule has 2 aromatic rings. The lowest BCUT2D eigenvalue weighted by molar-refractivity contribution is -0.119. The fraction of sp³-hybridized carbons (Fsp3) is 0.400. The fourth-order valence-electron chi connectivity index (χ4n) is 2.16. The molecular formula is C15H21N7O2S. The van der Waals surface area contributed by atoms with E-state index in [0.29, 0.717) is 17.2 Å². The number of nitrogens with one attached hydrogen (secondary N) is 2. The summed E-state index contributed by atoms with van der Waals surface area (Å²) in [6.45, 7) is 5.82. The van der Waals surface area contributed by atoms with Gasteiger partial charge in [0.15, 0.2) is 11.5 Å². The molecule has 6 N–H and O–H groups in total. The zero-order chi connectivity index (χ0) is 18.6. The van der Waals surface area contributed by atoms with Crippen molar-refractivity contribution in [1.29, 1.82) is 0 Å². The number of aryl methyl sites for hydroxylation is 1. The van der Waals surface area contributed by atoms with Crippen molar-refractivity contribution in [2.24, 2.45) is 17.4 Å². The van der Waals surface area contributed by atoms with Gasteiger partial charge >= 0.3 is 0 Å². The molecule has 0 saturated carbocycles. The Morgan fingerprint density at radius 1 is 1.32 bits per heavy atom. The van der Waals surface area contributed by atoms with Crippen LogP contribution >= 0.6 is 11.5 Å². The molecule has 2 heterocycles. The van der Waals surface area contributed by atoms with Gasteiger partial charge in [0.2, 0.25) is 5.91 Å². The van der Waals surface area contributed by atoms with E-state index in [0.717, 1.165) is 5.69 Å².